The lowest BCUT2D eigenvalue weighted by Crippen LogP contribution is -2.25. The van der Waals surface area contributed by atoms with Crippen molar-refractivity contribution in [1.82, 2.24) is 10.1 Å². The molecule has 200 valence electrons. The topological polar surface area (TPSA) is 157 Å². The van der Waals surface area contributed by atoms with E-state index in [1.807, 2.05) is 0 Å². The van der Waals surface area contributed by atoms with E-state index in [9.17, 15) is 34.2 Å². The van der Waals surface area contributed by atoms with Gasteiger partial charge in [-0.05, 0) is 37.1 Å². The third-order valence-electron chi connectivity index (χ3n) is 5.67. The Labute approximate surface area is 212 Å². The molecule has 0 unspecified atom stereocenters. The smallest absolute Gasteiger partial charge is 0.305 e. The van der Waals surface area contributed by atoms with Crippen molar-refractivity contribution in [3.63, 3.8) is 0 Å². The van der Waals surface area contributed by atoms with Gasteiger partial charge in [0.25, 0.3) is 17.5 Å². The molecular formula is C23H28FN5O8. The Morgan fingerprint density at radius 1 is 0.892 bits per heavy atom. The molecule has 1 N–H and O–H groups in total. The number of nitrogens with one attached hydrogen (secondary N) is 1. The predicted molar refractivity (Wildman–Crippen MR) is 130 cm³/mol. The van der Waals surface area contributed by atoms with Crippen molar-refractivity contribution in [1.29, 1.82) is 0 Å². The van der Waals surface area contributed by atoms with Crippen LogP contribution >= 0.6 is 0 Å². The molecule has 1 fully saturated rings. The molecule has 1 aliphatic rings. The van der Waals surface area contributed by atoms with E-state index in [-0.39, 0.29) is 22.9 Å². The standard InChI is InChI=1S/C14H19N3O4.C9H9FN2O4/c1-16(21-2)14(18)10-7-8-12(13(9-10)17(19)20)15-11-5-3-4-6-11;1-11(16-2)9(13)6-3-4-7(10)8(5-6)12(14)15/h7-9,11,15H,3-6H2,1-2H3;3-5H,1-2H3. The predicted octanol–water partition coefficient (Wildman–Crippen LogP) is 3.95. The van der Waals surface area contributed by atoms with E-state index in [4.69, 9.17) is 4.84 Å². The van der Waals surface area contributed by atoms with Gasteiger partial charge in [0.2, 0.25) is 5.82 Å². The van der Waals surface area contributed by atoms with Gasteiger partial charge in [-0.25, -0.2) is 10.1 Å². The van der Waals surface area contributed by atoms with Crippen LogP contribution in [0.2, 0.25) is 0 Å². The highest BCUT2D eigenvalue weighted by atomic mass is 19.1. The number of nitro benzene ring substituents is 2. The van der Waals surface area contributed by atoms with E-state index in [0.29, 0.717) is 5.69 Å². The second-order valence-corrected chi connectivity index (χ2v) is 8.01. The Balaban J connectivity index is 0.000000271. The minimum atomic E-state index is -0.985. The van der Waals surface area contributed by atoms with Crippen LogP contribution in [0.15, 0.2) is 36.4 Å². The summed E-state index contributed by atoms with van der Waals surface area (Å²) in [6.07, 6.45) is 4.32. The molecule has 0 bridgehead atoms. The van der Waals surface area contributed by atoms with Crippen LogP contribution < -0.4 is 5.32 Å². The summed E-state index contributed by atoms with van der Waals surface area (Å²) < 4.78 is 13.0. The Morgan fingerprint density at radius 3 is 1.81 bits per heavy atom. The maximum atomic E-state index is 13.0. The van der Waals surface area contributed by atoms with Crippen molar-refractivity contribution in [3.05, 3.63) is 73.6 Å². The summed E-state index contributed by atoms with van der Waals surface area (Å²) >= 11 is 0. The van der Waals surface area contributed by atoms with E-state index in [1.165, 1.54) is 34.4 Å². The van der Waals surface area contributed by atoms with Gasteiger partial charge in [-0.2, -0.15) is 4.39 Å². The van der Waals surface area contributed by atoms with Crippen molar-refractivity contribution in [2.45, 2.75) is 31.7 Å². The van der Waals surface area contributed by atoms with E-state index in [0.717, 1.165) is 54.0 Å². The quantitative estimate of drug-likeness (QED) is 0.401. The molecule has 0 radical (unpaired) electrons. The van der Waals surface area contributed by atoms with Gasteiger partial charge in [0.15, 0.2) is 0 Å². The molecule has 0 atom stereocenters. The molecule has 14 heteroatoms. The molecule has 0 aromatic heterocycles. The number of nitrogens with zero attached hydrogens (tertiary/aromatic N) is 4. The van der Waals surface area contributed by atoms with Crippen LogP contribution in [0.4, 0.5) is 21.5 Å². The summed E-state index contributed by atoms with van der Waals surface area (Å²) in [4.78, 5) is 53.2. The van der Waals surface area contributed by atoms with Crippen molar-refractivity contribution < 1.29 is 33.5 Å². The van der Waals surface area contributed by atoms with Crippen molar-refractivity contribution in [2.75, 3.05) is 33.6 Å². The number of halogens is 1. The summed E-state index contributed by atoms with van der Waals surface area (Å²) in [5.74, 6) is -2.00. The average molecular weight is 522 g/mol. The number of rotatable bonds is 8. The number of benzene rings is 2. The average Bonchev–Trinajstić information content (AvgIpc) is 3.40. The Kier molecular flexibility index (Phi) is 10.4. The molecule has 0 heterocycles. The highest BCUT2D eigenvalue weighted by molar-refractivity contribution is 5.95. The van der Waals surface area contributed by atoms with Gasteiger partial charge in [-0.15, -0.1) is 0 Å². The normalized spacial score (nSPS) is 12.8. The highest BCUT2D eigenvalue weighted by Crippen LogP contribution is 2.30. The zero-order valence-corrected chi connectivity index (χ0v) is 20.8. The monoisotopic (exact) mass is 521 g/mol. The molecule has 0 aliphatic heterocycles. The van der Waals surface area contributed by atoms with E-state index in [1.54, 1.807) is 12.1 Å². The first-order valence-corrected chi connectivity index (χ1v) is 11.1. The first-order valence-electron chi connectivity index (χ1n) is 11.1. The minimum absolute atomic E-state index is 0.0162. The summed E-state index contributed by atoms with van der Waals surface area (Å²) in [7, 11) is 5.44. The zero-order chi connectivity index (χ0) is 27.7. The van der Waals surface area contributed by atoms with E-state index < -0.39 is 33.2 Å². The van der Waals surface area contributed by atoms with Gasteiger partial charge in [0.05, 0.1) is 24.1 Å². The molecule has 1 aliphatic carbocycles. The van der Waals surface area contributed by atoms with Gasteiger partial charge in [-0.1, -0.05) is 12.8 Å². The lowest BCUT2D eigenvalue weighted by Gasteiger charge is -2.16. The first kappa shape index (κ1) is 29.1. The van der Waals surface area contributed by atoms with Gasteiger partial charge < -0.3 is 5.32 Å². The number of anilines is 1. The number of amides is 2. The zero-order valence-electron chi connectivity index (χ0n) is 20.8. The van der Waals surface area contributed by atoms with Crippen LogP contribution in [-0.4, -0.2) is 66.1 Å². The van der Waals surface area contributed by atoms with Crippen LogP contribution in [0, 0.1) is 26.0 Å². The number of nitro groups is 2. The molecule has 2 aromatic carbocycles. The third-order valence-corrected chi connectivity index (χ3v) is 5.67. The van der Waals surface area contributed by atoms with Gasteiger partial charge in [-0.3, -0.25) is 39.5 Å². The molecule has 0 spiro atoms. The van der Waals surface area contributed by atoms with Crippen LogP contribution in [-0.2, 0) is 9.68 Å². The summed E-state index contributed by atoms with van der Waals surface area (Å²) in [5.41, 5.74) is -0.156. The fraction of sp³-hybridized carbons (Fsp3) is 0.391. The van der Waals surface area contributed by atoms with E-state index in [2.05, 4.69) is 10.2 Å². The lowest BCUT2D eigenvalue weighted by atomic mass is 10.1. The molecule has 3 rings (SSSR count). The second kappa shape index (κ2) is 13.2. The molecular weight excluding hydrogens is 493 g/mol. The number of hydrogen-bond acceptors (Lipinski definition) is 9. The number of hydroxylamine groups is 4. The maximum Gasteiger partial charge on any atom is 0.305 e. The van der Waals surface area contributed by atoms with Gasteiger partial charge >= 0.3 is 5.69 Å². The van der Waals surface area contributed by atoms with Crippen LogP contribution in [0.3, 0.4) is 0 Å². The largest absolute Gasteiger partial charge is 0.377 e. The van der Waals surface area contributed by atoms with Crippen molar-refractivity contribution >= 4 is 28.9 Å². The summed E-state index contributed by atoms with van der Waals surface area (Å²) in [6, 6.07) is 7.61. The van der Waals surface area contributed by atoms with Crippen LogP contribution in [0.5, 0.6) is 0 Å². The number of carbonyl (C=O) groups is 2. The SMILES string of the molecule is CON(C)C(=O)c1ccc(F)c([N+](=O)[O-])c1.CON(C)C(=O)c1ccc(NC2CCCC2)c([N+](=O)[O-])c1. The number of carbonyl (C=O) groups excluding carboxylic acids is 2. The Hall–Kier alpha value is -4.17. The molecule has 2 amide bonds. The van der Waals surface area contributed by atoms with Crippen LogP contribution in [0.1, 0.15) is 46.4 Å². The molecule has 2 aromatic rings. The maximum absolute atomic E-state index is 13.0. The van der Waals surface area contributed by atoms with Crippen LogP contribution in [0.25, 0.3) is 0 Å². The minimum Gasteiger partial charge on any atom is -0.377 e. The fourth-order valence-corrected chi connectivity index (χ4v) is 3.54. The summed E-state index contributed by atoms with van der Waals surface area (Å²) in [6.45, 7) is 0. The highest BCUT2D eigenvalue weighted by Gasteiger charge is 2.23. The van der Waals surface area contributed by atoms with E-state index >= 15 is 0 Å². The molecule has 0 saturated heterocycles. The second-order valence-electron chi connectivity index (χ2n) is 8.01. The molecule has 37 heavy (non-hydrogen) atoms. The van der Waals surface area contributed by atoms with Gasteiger partial charge in [0, 0.05) is 43.4 Å². The third kappa shape index (κ3) is 7.65. The Morgan fingerprint density at radius 2 is 1.35 bits per heavy atom. The van der Waals surface area contributed by atoms with Gasteiger partial charge in [0.1, 0.15) is 5.69 Å². The number of hydrogen-bond donors (Lipinski definition) is 1. The first-order chi connectivity index (χ1) is 17.5. The summed E-state index contributed by atoms with van der Waals surface area (Å²) in [5, 5.41) is 26.8. The Bertz CT molecular complexity index is 1160. The fourth-order valence-electron chi connectivity index (χ4n) is 3.54. The molecule has 1 saturated carbocycles. The van der Waals surface area contributed by atoms with Crippen molar-refractivity contribution in [3.8, 4) is 0 Å². The van der Waals surface area contributed by atoms with Crippen molar-refractivity contribution in [2.24, 2.45) is 0 Å². The molecule has 13 nitrogen and oxygen atoms in total. The lowest BCUT2D eigenvalue weighted by molar-refractivity contribution is -0.387.